The van der Waals surface area contributed by atoms with Crippen LogP contribution in [0, 0.1) is 12.7 Å². The van der Waals surface area contributed by atoms with Crippen molar-refractivity contribution in [1.29, 1.82) is 0 Å². The fraction of sp³-hybridized carbons (Fsp3) is 0.188. The second-order valence-corrected chi connectivity index (χ2v) is 5.78. The fourth-order valence-electron chi connectivity index (χ4n) is 1.98. The molecule has 0 aromatic heterocycles. The molecule has 0 aliphatic carbocycles. The van der Waals surface area contributed by atoms with Crippen LogP contribution in [0.3, 0.4) is 0 Å². The molecule has 2 aromatic carbocycles. The van der Waals surface area contributed by atoms with E-state index in [1.807, 2.05) is 25.1 Å². The molecule has 1 N–H and O–H groups in total. The van der Waals surface area contributed by atoms with Crippen molar-refractivity contribution in [2.45, 2.75) is 13.8 Å². The van der Waals surface area contributed by atoms with E-state index in [2.05, 4.69) is 21.2 Å². The molecule has 3 nitrogen and oxygen atoms in total. The molecule has 0 atom stereocenters. The molecule has 0 heterocycles. The van der Waals surface area contributed by atoms with Crippen LogP contribution in [0.25, 0.3) is 0 Å². The zero-order valence-electron chi connectivity index (χ0n) is 12.0. The van der Waals surface area contributed by atoms with Gasteiger partial charge in [0.15, 0.2) is 12.1 Å². The van der Waals surface area contributed by atoms with Crippen LogP contribution in [0.5, 0.6) is 5.75 Å². The Morgan fingerprint density at radius 1 is 1.41 bits per heavy atom. The average Bonchev–Trinajstić information content (AvgIpc) is 2.49. The maximum absolute atomic E-state index is 14.2. The lowest BCUT2D eigenvalue weighted by molar-refractivity contribution is 0.111. The first-order valence-corrected chi connectivity index (χ1v) is 7.78. The third-order valence-corrected chi connectivity index (χ3v) is 4.39. The predicted molar refractivity (Wildman–Crippen MR) is 90.1 cm³/mol. The van der Waals surface area contributed by atoms with Gasteiger partial charge in [0.25, 0.3) is 0 Å². The van der Waals surface area contributed by atoms with Crippen LogP contribution in [0.2, 0.25) is 5.02 Å². The molecular weight excluding hydrogens is 373 g/mol. The number of benzene rings is 2. The maximum atomic E-state index is 14.2. The normalized spacial score (nSPS) is 10.4. The number of halogens is 3. The van der Waals surface area contributed by atoms with Crippen molar-refractivity contribution in [2.75, 3.05) is 11.9 Å². The van der Waals surface area contributed by atoms with E-state index in [9.17, 15) is 9.18 Å². The largest absolute Gasteiger partial charge is 0.493 e. The van der Waals surface area contributed by atoms with E-state index in [-0.39, 0.29) is 16.3 Å². The Hall–Kier alpha value is -1.59. The topological polar surface area (TPSA) is 38.3 Å². The second kappa shape index (κ2) is 7.11. The zero-order chi connectivity index (χ0) is 16.3. The van der Waals surface area contributed by atoms with Gasteiger partial charge >= 0.3 is 0 Å². The van der Waals surface area contributed by atoms with Crippen LogP contribution < -0.4 is 10.1 Å². The van der Waals surface area contributed by atoms with E-state index in [0.717, 1.165) is 15.7 Å². The van der Waals surface area contributed by atoms with Crippen molar-refractivity contribution in [3.8, 4) is 5.75 Å². The molecule has 22 heavy (non-hydrogen) atoms. The molecule has 0 saturated carbocycles. The minimum atomic E-state index is -0.794. The number of ether oxygens (including phenoxy) is 1. The molecule has 2 rings (SSSR count). The Labute approximate surface area is 141 Å². The SMILES string of the molecule is CCOc1cc(Nc2cccc(Br)c2C)c(Cl)c(F)c1C=O. The Morgan fingerprint density at radius 3 is 2.77 bits per heavy atom. The van der Waals surface area contributed by atoms with Gasteiger partial charge in [-0.2, -0.15) is 0 Å². The van der Waals surface area contributed by atoms with Crippen LogP contribution in [-0.2, 0) is 0 Å². The third kappa shape index (κ3) is 3.25. The van der Waals surface area contributed by atoms with Gasteiger partial charge in [0.1, 0.15) is 10.8 Å². The molecule has 0 saturated heterocycles. The summed E-state index contributed by atoms with van der Waals surface area (Å²) in [4.78, 5) is 11.0. The monoisotopic (exact) mass is 385 g/mol. The van der Waals surface area contributed by atoms with Gasteiger partial charge < -0.3 is 10.1 Å². The highest BCUT2D eigenvalue weighted by molar-refractivity contribution is 9.10. The van der Waals surface area contributed by atoms with E-state index in [0.29, 0.717) is 18.6 Å². The van der Waals surface area contributed by atoms with Crippen LogP contribution in [0.1, 0.15) is 22.8 Å². The molecule has 116 valence electrons. The van der Waals surface area contributed by atoms with Gasteiger partial charge in [-0.25, -0.2) is 4.39 Å². The van der Waals surface area contributed by atoms with E-state index < -0.39 is 5.82 Å². The lowest BCUT2D eigenvalue weighted by atomic mass is 10.1. The number of anilines is 2. The molecule has 0 fully saturated rings. The highest BCUT2D eigenvalue weighted by atomic mass is 79.9. The molecule has 0 radical (unpaired) electrons. The summed E-state index contributed by atoms with van der Waals surface area (Å²) >= 11 is 9.46. The summed E-state index contributed by atoms with van der Waals surface area (Å²) in [7, 11) is 0. The molecule has 0 aliphatic rings. The van der Waals surface area contributed by atoms with Crippen molar-refractivity contribution < 1.29 is 13.9 Å². The Balaban J connectivity index is 2.51. The first kappa shape index (κ1) is 16.8. The predicted octanol–water partition coefficient (Wildman–Crippen LogP) is 5.50. The Bertz CT molecular complexity index is 722. The highest BCUT2D eigenvalue weighted by Crippen LogP contribution is 2.36. The van der Waals surface area contributed by atoms with Crippen molar-refractivity contribution in [3.05, 3.63) is 50.7 Å². The lowest BCUT2D eigenvalue weighted by Crippen LogP contribution is -2.03. The molecule has 0 amide bonds. The number of rotatable bonds is 5. The van der Waals surface area contributed by atoms with E-state index in [1.54, 1.807) is 6.92 Å². The summed E-state index contributed by atoms with van der Waals surface area (Å²) in [6, 6.07) is 7.14. The van der Waals surface area contributed by atoms with Crippen molar-refractivity contribution in [1.82, 2.24) is 0 Å². The second-order valence-electron chi connectivity index (χ2n) is 4.55. The molecule has 2 aromatic rings. The van der Waals surface area contributed by atoms with Crippen LogP contribution >= 0.6 is 27.5 Å². The number of nitrogens with one attached hydrogen (secondary N) is 1. The number of carbonyl (C=O) groups excluding carboxylic acids is 1. The number of hydrogen-bond donors (Lipinski definition) is 1. The molecule has 0 bridgehead atoms. The Morgan fingerprint density at radius 2 is 2.14 bits per heavy atom. The quantitative estimate of drug-likeness (QED) is 0.689. The van der Waals surface area contributed by atoms with Gasteiger partial charge in [-0.3, -0.25) is 4.79 Å². The molecule has 6 heteroatoms. The number of hydrogen-bond acceptors (Lipinski definition) is 3. The smallest absolute Gasteiger partial charge is 0.158 e. The van der Waals surface area contributed by atoms with Gasteiger partial charge in [-0.05, 0) is 31.5 Å². The highest BCUT2D eigenvalue weighted by Gasteiger charge is 2.18. The number of carbonyl (C=O) groups is 1. The van der Waals surface area contributed by atoms with Gasteiger partial charge in [0.05, 0.1) is 17.9 Å². The molecular formula is C16H14BrClFNO2. The van der Waals surface area contributed by atoms with E-state index in [4.69, 9.17) is 16.3 Å². The van der Waals surface area contributed by atoms with Crippen LogP contribution in [0.4, 0.5) is 15.8 Å². The molecule has 0 unspecified atom stereocenters. The van der Waals surface area contributed by atoms with Gasteiger partial charge in [-0.1, -0.05) is 33.6 Å². The van der Waals surface area contributed by atoms with E-state index in [1.165, 1.54) is 6.07 Å². The van der Waals surface area contributed by atoms with Crippen molar-refractivity contribution >= 4 is 45.2 Å². The van der Waals surface area contributed by atoms with Gasteiger partial charge in [0, 0.05) is 16.2 Å². The summed E-state index contributed by atoms with van der Waals surface area (Å²) in [5.41, 5.74) is 1.89. The average molecular weight is 387 g/mol. The summed E-state index contributed by atoms with van der Waals surface area (Å²) < 4.78 is 20.5. The van der Waals surface area contributed by atoms with Crippen LogP contribution in [-0.4, -0.2) is 12.9 Å². The lowest BCUT2D eigenvalue weighted by Gasteiger charge is -2.15. The Kier molecular flexibility index (Phi) is 5.42. The van der Waals surface area contributed by atoms with Crippen LogP contribution in [0.15, 0.2) is 28.7 Å². The molecule has 0 spiro atoms. The van der Waals surface area contributed by atoms with Gasteiger partial charge in [-0.15, -0.1) is 0 Å². The standard InChI is InChI=1S/C16H14BrClFNO2/c1-3-22-14-7-13(15(18)16(19)10(14)8-21)20-12-6-4-5-11(17)9(12)2/h4-8,20H,3H2,1-2H3. The first-order chi connectivity index (χ1) is 10.5. The minimum absolute atomic E-state index is 0.148. The van der Waals surface area contributed by atoms with Gasteiger partial charge in [0.2, 0.25) is 0 Å². The summed E-state index contributed by atoms with van der Waals surface area (Å²) in [6.07, 6.45) is 0.403. The maximum Gasteiger partial charge on any atom is 0.158 e. The molecule has 0 aliphatic heterocycles. The summed E-state index contributed by atoms with van der Waals surface area (Å²) in [5.74, 6) is -0.632. The number of aldehydes is 1. The zero-order valence-corrected chi connectivity index (χ0v) is 14.4. The third-order valence-electron chi connectivity index (χ3n) is 3.16. The fourth-order valence-corrected chi connectivity index (χ4v) is 2.55. The first-order valence-electron chi connectivity index (χ1n) is 6.61. The van der Waals surface area contributed by atoms with E-state index >= 15 is 0 Å². The summed E-state index contributed by atoms with van der Waals surface area (Å²) in [5, 5.41) is 2.93. The summed E-state index contributed by atoms with van der Waals surface area (Å²) in [6.45, 7) is 3.99. The van der Waals surface area contributed by atoms with Crippen molar-refractivity contribution in [3.63, 3.8) is 0 Å². The minimum Gasteiger partial charge on any atom is -0.493 e. The van der Waals surface area contributed by atoms with Crippen molar-refractivity contribution in [2.24, 2.45) is 0 Å².